The van der Waals surface area contributed by atoms with Gasteiger partial charge < -0.3 is 19.4 Å². The van der Waals surface area contributed by atoms with Crippen LogP contribution in [0.15, 0.2) is 142 Å². The van der Waals surface area contributed by atoms with E-state index in [0.717, 1.165) is 64.3 Å². The third-order valence-corrected chi connectivity index (χ3v) is 16.9. The zero-order valence-corrected chi connectivity index (χ0v) is 39.2. The number of hydrogen-bond acceptors (Lipinski definition) is 11. The molecule has 2 N–H and O–H groups in total. The Morgan fingerprint density at radius 2 is 1.47 bits per heavy atom. The molecule has 4 aromatic carbocycles. The van der Waals surface area contributed by atoms with Gasteiger partial charge in [-0.2, -0.15) is 55.5 Å². The lowest BCUT2D eigenvalue weighted by atomic mass is 9.83. The van der Waals surface area contributed by atoms with Gasteiger partial charge in [0.05, 0.1) is 5.70 Å². The molecule has 1 heterocycles. The molecule has 0 spiro atoms. The Morgan fingerprint density at radius 1 is 0.824 bits per heavy atom. The van der Waals surface area contributed by atoms with Crippen LogP contribution in [0, 0.1) is 25.0 Å². The van der Waals surface area contributed by atoms with Gasteiger partial charge in [-0.1, -0.05) is 80.3 Å². The third-order valence-electron chi connectivity index (χ3n) is 11.5. The predicted molar refractivity (Wildman–Crippen MR) is 245 cm³/mol. The van der Waals surface area contributed by atoms with E-state index in [-0.39, 0.29) is 40.4 Å². The van der Waals surface area contributed by atoms with E-state index in [0.29, 0.717) is 29.6 Å². The summed E-state index contributed by atoms with van der Waals surface area (Å²) in [5.74, 6) is -8.18. The Bertz CT molecular complexity index is 3220. The monoisotopic (exact) mass is 1000 g/mol. The summed E-state index contributed by atoms with van der Waals surface area (Å²) in [5.41, 5.74) is 6.51. The SMILES string of the molecule is C=Cc1ccc(OS(=O)(=O)C(F)(F)C(F)(F)C(F)(F)S(=O)(=O)[NH+]([O-])S(=O)(=O)c2ccccc2C2=C3C=CC(=NC4=C(C)CC(C)C=C4C)CC3Oc3cc(Nc4c(C)cccc4C)ccc32)cc1. The maximum absolute atomic E-state index is 15.6. The van der Waals surface area contributed by atoms with Crippen LogP contribution in [0.4, 0.5) is 37.7 Å². The van der Waals surface area contributed by atoms with Crippen LogP contribution >= 0.6 is 0 Å². The summed E-state index contributed by atoms with van der Waals surface area (Å²) < 4.78 is 179. The number of sulfonamides is 2. The van der Waals surface area contributed by atoms with Gasteiger partial charge in [0, 0.05) is 51.8 Å². The van der Waals surface area contributed by atoms with Crippen LogP contribution in [0.2, 0.25) is 0 Å². The molecular formula is C47H43F6N3O9S3. The van der Waals surface area contributed by atoms with Crippen molar-refractivity contribution < 1.29 is 64.4 Å². The Morgan fingerprint density at radius 3 is 2.10 bits per heavy atom. The summed E-state index contributed by atoms with van der Waals surface area (Å²) in [6.07, 6.45) is 6.36. The number of nitrogens with zero attached hydrogens (tertiary/aromatic N) is 1. The molecule has 360 valence electrons. The molecular weight excluding hydrogens is 961 g/mol. The summed E-state index contributed by atoms with van der Waals surface area (Å²) >= 11 is 0. The summed E-state index contributed by atoms with van der Waals surface area (Å²) in [4.78, 5) is 3.63. The van der Waals surface area contributed by atoms with Crippen LogP contribution in [0.3, 0.4) is 0 Å². The lowest BCUT2D eigenvalue weighted by Crippen LogP contribution is -3.13. The Balaban J connectivity index is 1.32. The molecule has 0 bridgehead atoms. The van der Waals surface area contributed by atoms with Crippen LogP contribution in [0.5, 0.6) is 11.5 Å². The fraction of sp³-hybridized carbons (Fsp3) is 0.255. The first-order chi connectivity index (χ1) is 31.7. The molecule has 0 radical (unpaired) electrons. The van der Waals surface area contributed by atoms with Gasteiger partial charge in [-0.15, -0.1) is 0 Å². The predicted octanol–water partition coefficient (Wildman–Crippen LogP) is 9.54. The molecule has 2 aliphatic carbocycles. The molecule has 68 heavy (non-hydrogen) atoms. The van der Waals surface area contributed by atoms with Crippen molar-refractivity contribution in [1.29, 1.82) is 0 Å². The molecule has 4 aromatic rings. The largest absolute Gasteiger partial charge is 0.602 e. The quantitative estimate of drug-likeness (QED) is 0.0704. The molecule has 3 aliphatic rings. The molecule has 3 unspecified atom stereocenters. The standard InChI is InChI=1S/C47H43F6N3O9S3/c1-7-32-15-19-35(20-16-32)65-68(62,63)47(52,53)45(48,49)46(50,51)67(60,61)56(57)66(58,59)41-14-9-8-13-38(41)42-36-21-17-33(54-43-28(3)11-10-12-29(43)4)25-39(36)64-40-26-34(18-22-37(40)42)55-44-30(5)23-27(2)24-31(44)6/h7-23,25,27,40,54,56H,1,24,26H2,2-6H3. The first kappa shape index (κ1) is 49.9. The zero-order valence-electron chi connectivity index (χ0n) is 36.8. The molecule has 0 aromatic heterocycles. The zero-order chi connectivity index (χ0) is 49.9. The number of alkyl halides is 6. The topological polar surface area (TPSA) is 173 Å². The molecule has 1 aliphatic heterocycles. The number of fused-ring (bicyclic) bond motifs is 2. The van der Waals surface area contributed by atoms with Gasteiger partial charge in [0.15, 0.2) is 0 Å². The van der Waals surface area contributed by atoms with Gasteiger partial charge in [-0.05, 0) is 104 Å². The third kappa shape index (κ3) is 8.58. The van der Waals surface area contributed by atoms with Crippen molar-refractivity contribution in [1.82, 2.24) is 0 Å². The molecule has 0 saturated carbocycles. The first-order valence-corrected chi connectivity index (χ1v) is 25.0. The molecule has 0 amide bonds. The van der Waals surface area contributed by atoms with Crippen LogP contribution in [-0.4, -0.2) is 53.5 Å². The van der Waals surface area contributed by atoms with E-state index in [9.17, 15) is 30.5 Å². The minimum absolute atomic E-state index is 0.0134. The summed E-state index contributed by atoms with van der Waals surface area (Å²) in [7, 11) is -21.6. The van der Waals surface area contributed by atoms with Crippen LogP contribution in [0.25, 0.3) is 11.6 Å². The summed E-state index contributed by atoms with van der Waals surface area (Å²) in [6, 6.07) is 17.7. The number of rotatable bonds is 14. The number of halogens is 6. The second-order valence-corrected chi connectivity index (χ2v) is 22.1. The van der Waals surface area contributed by atoms with Gasteiger partial charge in [-0.25, -0.2) is 0 Å². The van der Waals surface area contributed by atoms with Crippen LogP contribution < -0.4 is 18.1 Å². The number of quaternary nitrogens is 1. The van der Waals surface area contributed by atoms with Crippen molar-refractivity contribution >= 4 is 58.9 Å². The van der Waals surface area contributed by atoms with Crippen molar-refractivity contribution in [2.45, 2.75) is 74.9 Å². The number of nitrogens with one attached hydrogen (secondary N) is 2. The average Bonchev–Trinajstić information content (AvgIpc) is 3.27. The molecule has 21 heteroatoms. The lowest BCUT2D eigenvalue weighted by Gasteiger charge is -2.34. The number of benzene rings is 4. The van der Waals surface area contributed by atoms with E-state index in [1.807, 2.05) is 45.9 Å². The highest BCUT2D eigenvalue weighted by Crippen LogP contribution is 2.51. The Hall–Kier alpha value is -6.00. The van der Waals surface area contributed by atoms with E-state index < -0.39 is 72.8 Å². The summed E-state index contributed by atoms with van der Waals surface area (Å²) in [5, 5.41) is 2.39. The van der Waals surface area contributed by atoms with Gasteiger partial charge in [0.2, 0.25) is 0 Å². The minimum Gasteiger partial charge on any atom is -0.602 e. The number of ether oxygens (including phenoxy) is 1. The minimum atomic E-state index is -7.94. The fourth-order valence-corrected chi connectivity index (χ4v) is 12.4. The normalized spacial score (nSPS) is 19.2. The van der Waals surface area contributed by atoms with E-state index >= 15 is 26.3 Å². The molecule has 7 rings (SSSR count). The lowest BCUT2D eigenvalue weighted by molar-refractivity contribution is -0.555. The second kappa shape index (κ2) is 17.8. The fourth-order valence-electron chi connectivity index (χ4n) is 8.15. The number of para-hydroxylation sites is 1. The smallest absolute Gasteiger partial charge is 0.466 e. The van der Waals surface area contributed by atoms with Gasteiger partial charge in [0.1, 0.15) is 22.5 Å². The van der Waals surface area contributed by atoms with Crippen LogP contribution in [0.1, 0.15) is 61.4 Å². The number of aliphatic imine (C=N–C) groups is 1. The van der Waals surface area contributed by atoms with Crippen LogP contribution in [-0.2, 0) is 30.2 Å². The Labute approximate surface area is 389 Å². The number of hydrogen-bond donors (Lipinski definition) is 2. The maximum atomic E-state index is 15.6. The second-order valence-electron chi connectivity index (χ2n) is 16.5. The highest BCUT2D eigenvalue weighted by molar-refractivity contribution is 7.97. The van der Waals surface area contributed by atoms with Crippen molar-refractivity contribution in [2.24, 2.45) is 10.9 Å². The van der Waals surface area contributed by atoms with Gasteiger partial charge in [-0.3, -0.25) is 4.99 Å². The molecule has 0 fully saturated rings. The highest BCUT2D eigenvalue weighted by atomic mass is 32.3. The molecule has 3 atom stereocenters. The Kier molecular flexibility index (Phi) is 13.1. The number of aryl methyl sites for hydroxylation is 2. The van der Waals surface area contributed by atoms with E-state index in [4.69, 9.17) is 9.73 Å². The summed E-state index contributed by atoms with van der Waals surface area (Å²) in [6.45, 7) is 13.1. The van der Waals surface area contributed by atoms with E-state index in [2.05, 4.69) is 29.1 Å². The maximum Gasteiger partial charge on any atom is 0.466 e. The van der Waals surface area contributed by atoms with Crippen molar-refractivity contribution in [3.8, 4) is 11.5 Å². The van der Waals surface area contributed by atoms with E-state index in [1.165, 1.54) is 18.2 Å². The van der Waals surface area contributed by atoms with Crippen molar-refractivity contribution in [3.05, 3.63) is 165 Å². The van der Waals surface area contributed by atoms with E-state index in [1.54, 1.807) is 24.3 Å². The molecule has 12 nitrogen and oxygen atoms in total. The first-order valence-electron chi connectivity index (χ1n) is 20.6. The van der Waals surface area contributed by atoms with Gasteiger partial charge >= 0.3 is 46.6 Å². The van der Waals surface area contributed by atoms with Crippen molar-refractivity contribution in [2.75, 3.05) is 5.32 Å². The number of allylic oxidation sites excluding steroid dienone is 4. The van der Waals surface area contributed by atoms with Crippen molar-refractivity contribution in [3.63, 3.8) is 0 Å². The molecule has 0 saturated heterocycles. The average molecular weight is 1000 g/mol. The van der Waals surface area contributed by atoms with Gasteiger partial charge in [0.25, 0.3) is 0 Å². The highest BCUT2D eigenvalue weighted by Gasteiger charge is 2.85. The number of anilines is 2.